The molecule has 0 aliphatic rings. The number of hydrogen-bond donors (Lipinski definition) is 8. The van der Waals surface area contributed by atoms with E-state index in [0.29, 0.717) is 60.7 Å². The van der Waals surface area contributed by atoms with Crippen molar-refractivity contribution in [3.05, 3.63) is 155 Å². The fraction of sp³-hybridized carbons (Fsp3) is 0.170. The van der Waals surface area contributed by atoms with Crippen LogP contribution in [0.5, 0.6) is 34.5 Å². The van der Waals surface area contributed by atoms with Gasteiger partial charge in [0.15, 0.2) is 0 Å². The minimum Gasteiger partial charge on any atom is -0.506 e. The summed E-state index contributed by atoms with van der Waals surface area (Å²) in [7, 11) is 1.15. The van der Waals surface area contributed by atoms with Gasteiger partial charge < -0.3 is 46.4 Å². The van der Waals surface area contributed by atoms with E-state index < -0.39 is 121 Å². The highest BCUT2D eigenvalue weighted by Crippen LogP contribution is 2.59. The first-order chi connectivity index (χ1) is 33.0. The van der Waals surface area contributed by atoms with Crippen LogP contribution in [0.25, 0.3) is 0 Å². The summed E-state index contributed by atoms with van der Waals surface area (Å²) in [4.78, 5) is 38.0. The molecule has 24 heteroatoms. The molecule has 71 heavy (non-hydrogen) atoms. The molecule has 0 unspecified atom stereocenters. The molecule has 0 spiro atoms. The number of benzene rings is 6. The fourth-order valence-electron chi connectivity index (χ4n) is 7.61. The lowest BCUT2D eigenvalue weighted by atomic mass is 9.72. The van der Waals surface area contributed by atoms with Crippen LogP contribution in [0.4, 0.5) is 75.4 Å². The number of carbonyl (C=O) groups is 3. The molecule has 0 aliphatic heterocycles. The van der Waals surface area contributed by atoms with Gasteiger partial charge in [-0.3, -0.25) is 14.4 Å². The van der Waals surface area contributed by atoms with Crippen molar-refractivity contribution in [2.45, 2.75) is 42.5 Å². The highest BCUT2D eigenvalue weighted by molar-refractivity contribution is 6.06. The van der Waals surface area contributed by atoms with Crippen LogP contribution in [0.15, 0.2) is 121 Å². The Labute approximate surface area is 392 Å². The topological polar surface area (TPSA) is 189 Å². The molecule has 8 N–H and O–H groups in total. The number of halogens is 12. The lowest BCUT2D eigenvalue weighted by Crippen LogP contribution is -2.54. The zero-order valence-corrected chi connectivity index (χ0v) is 36.0. The highest BCUT2D eigenvalue weighted by atomic mass is 19.4. The highest BCUT2D eigenvalue weighted by Gasteiger charge is 2.74. The number of nitrogens with one attached hydrogen (secondary N) is 4. The van der Waals surface area contributed by atoms with E-state index >= 15 is 0 Å². The number of anilines is 4. The third-order valence-corrected chi connectivity index (χ3v) is 11.0. The zero-order chi connectivity index (χ0) is 52.6. The molecular weight excluding hydrogens is 977 g/mol. The summed E-state index contributed by atoms with van der Waals surface area (Å²) in [6.07, 6.45) is -24.4. The molecule has 0 aliphatic carbocycles. The fourth-order valence-corrected chi connectivity index (χ4v) is 7.61. The van der Waals surface area contributed by atoms with Gasteiger partial charge in [-0.2, -0.15) is 52.7 Å². The molecular formula is C47H34F12N4O8. The molecule has 0 atom stereocenters. The molecule has 374 valence electrons. The predicted octanol–water partition coefficient (Wildman–Crippen LogP) is 11.6. The van der Waals surface area contributed by atoms with Crippen LogP contribution in [-0.2, 0) is 15.6 Å². The van der Waals surface area contributed by atoms with E-state index in [1.807, 2.05) is 5.32 Å². The second kappa shape index (κ2) is 18.9. The lowest BCUT2D eigenvalue weighted by molar-refractivity contribution is -0.290. The van der Waals surface area contributed by atoms with Gasteiger partial charge in [-0.05, 0) is 119 Å². The first kappa shape index (κ1) is 52.1. The smallest absolute Gasteiger partial charge is 0.411 e. The van der Waals surface area contributed by atoms with Gasteiger partial charge >= 0.3 is 24.7 Å². The van der Waals surface area contributed by atoms with E-state index in [2.05, 4.69) is 16.0 Å². The quantitative estimate of drug-likeness (QED) is 0.0436. The number of ether oxygens (including phenoxy) is 1. The van der Waals surface area contributed by atoms with Gasteiger partial charge in [0, 0.05) is 25.1 Å². The van der Waals surface area contributed by atoms with Gasteiger partial charge in [-0.15, -0.1) is 0 Å². The maximum Gasteiger partial charge on any atom is 0.411 e. The second-order valence-corrected chi connectivity index (χ2v) is 15.4. The lowest BCUT2D eigenvalue weighted by Gasteiger charge is -2.38. The predicted molar refractivity (Wildman–Crippen MR) is 231 cm³/mol. The molecule has 6 aromatic rings. The van der Waals surface area contributed by atoms with E-state index in [9.17, 15) is 87.5 Å². The Morgan fingerprint density at radius 2 is 0.676 bits per heavy atom. The third-order valence-electron chi connectivity index (χ3n) is 11.0. The summed E-state index contributed by atoms with van der Waals surface area (Å²) >= 11 is 0. The first-order valence-corrected chi connectivity index (χ1v) is 20.0. The number of aromatic hydroxyl groups is 4. The average molecular weight is 1010 g/mol. The summed E-state index contributed by atoms with van der Waals surface area (Å²) in [5.41, 5.74) is -18.8. The molecule has 0 bridgehead atoms. The molecule has 6 aromatic carbocycles. The SMILES string of the molecule is CNc1cc(C(c2ccc(O)c(NC(=O)c3ccc(Oc4ccc(C(=O)Nc5cc(C(c6ccc(O)c(NC(C)=O)c6)(C(F)(F)F)C(F)(F)F)ccc5O)cc4)cc3)c2)(C(F)(F)F)C(F)(F)F)ccc1O. The summed E-state index contributed by atoms with van der Waals surface area (Å²) in [6, 6.07) is 14.2. The number of alkyl halides is 12. The number of hydrogen-bond acceptors (Lipinski definition) is 9. The molecule has 0 radical (unpaired) electrons. The number of rotatable bonds is 12. The van der Waals surface area contributed by atoms with Crippen LogP contribution >= 0.6 is 0 Å². The van der Waals surface area contributed by atoms with E-state index in [-0.39, 0.29) is 34.8 Å². The maximum absolute atomic E-state index is 14.9. The summed E-state index contributed by atoms with van der Waals surface area (Å²) in [5.74, 6) is -6.50. The van der Waals surface area contributed by atoms with Crippen LogP contribution in [-0.4, -0.2) is 69.9 Å². The van der Waals surface area contributed by atoms with Crippen LogP contribution in [0.3, 0.4) is 0 Å². The second-order valence-electron chi connectivity index (χ2n) is 15.4. The van der Waals surface area contributed by atoms with Crippen LogP contribution < -0.4 is 26.0 Å². The molecule has 0 heterocycles. The van der Waals surface area contributed by atoms with Crippen molar-refractivity contribution in [1.82, 2.24) is 0 Å². The zero-order valence-electron chi connectivity index (χ0n) is 36.0. The maximum atomic E-state index is 14.9. The standard InChI is InChI=1S/C47H34F12N4O8/c1-23(64)61-33-20-27(8-16-37(33)66)43(46(54,55)56,47(57,58)59)29-10-18-39(68)35(22-29)63-41(70)25-5-13-31(14-6-25)71-30-11-3-24(4-12-30)40(69)62-34-21-28(9-17-38(34)67)42(44(48,49)50,45(51,52)53)26-7-15-36(65)32(19-26)60-2/h3-22,60,65-68H,1-2H3,(H,61,64)(H,62,69)(H,63,70). The van der Waals surface area contributed by atoms with Crippen molar-refractivity contribution >= 4 is 40.5 Å². The van der Waals surface area contributed by atoms with Gasteiger partial charge in [-0.25, -0.2) is 0 Å². The minimum atomic E-state index is -6.15. The van der Waals surface area contributed by atoms with E-state index in [1.165, 1.54) is 24.3 Å². The normalized spacial score (nSPS) is 12.5. The molecule has 0 saturated carbocycles. The van der Waals surface area contributed by atoms with Crippen molar-refractivity contribution in [3.63, 3.8) is 0 Å². The molecule has 3 amide bonds. The number of carbonyl (C=O) groups excluding carboxylic acids is 3. The van der Waals surface area contributed by atoms with Crippen molar-refractivity contribution in [2.24, 2.45) is 0 Å². The average Bonchev–Trinajstić information content (AvgIpc) is 3.26. The summed E-state index contributed by atoms with van der Waals surface area (Å²) < 4.78 is 184. The Balaban J connectivity index is 1.20. The van der Waals surface area contributed by atoms with Gasteiger partial charge in [0.1, 0.15) is 34.5 Å². The number of phenols is 4. The van der Waals surface area contributed by atoms with Crippen molar-refractivity contribution in [2.75, 3.05) is 28.3 Å². The van der Waals surface area contributed by atoms with E-state index in [1.54, 1.807) is 0 Å². The Morgan fingerprint density at radius 3 is 0.944 bits per heavy atom. The number of amides is 3. The van der Waals surface area contributed by atoms with Crippen LogP contribution in [0.2, 0.25) is 0 Å². The number of phenolic OH excluding ortho intramolecular Hbond substituents is 4. The largest absolute Gasteiger partial charge is 0.506 e. The van der Waals surface area contributed by atoms with Gasteiger partial charge in [-0.1, -0.05) is 24.3 Å². The Kier molecular flexibility index (Phi) is 13.8. The van der Waals surface area contributed by atoms with Crippen LogP contribution in [0.1, 0.15) is 49.9 Å². The summed E-state index contributed by atoms with van der Waals surface area (Å²) in [5, 5.41) is 49.3. The molecule has 0 fully saturated rings. The van der Waals surface area contributed by atoms with Gasteiger partial charge in [0.05, 0.1) is 22.7 Å². The summed E-state index contributed by atoms with van der Waals surface area (Å²) in [6.45, 7) is 0.894. The van der Waals surface area contributed by atoms with Gasteiger partial charge in [0.25, 0.3) is 11.8 Å². The molecule has 0 aromatic heterocycles. The monoisotopic (exact) mass is 1010 g/mol. The van der Waals surface area contributed by atoms with Crippen molar-refractivity contribution < 1.29 is 92.2 Å². The van der Waals surface area contributed by atoms with E-state index in [0.717, 1.165) is 38.2 Å². The van der Waals surface area contributed by atoms with Crippen LogP contribution in [0, 0.1) is 0 Å². The minimum absolute atomic E-state index is 0.00582. The first-order valence-electron chi connectivity index (χ1n) is 20.0. The Morgan fingerprint density at radius 1 is 0.408 bits per heavy atom. The van der Waals surface area contributed by atoms with Crippen molar-refractivity contribution in [3.8, 4) is 34.5 Å². The van der Waals surface area contributed by atoms with Gasteiger partial charge in [0.2, 0.25) is 16.7 Å². The van der Waals surface area contributed by atoms with E-state index in [4.69, 9.17) is 4.74 Å². The molecule has 0 saturated heterocycles. The molecule has 6 rings (SSSR count). The third kappa shape index (κ3) is 9.81. The Hall–Kier alpha value is -8.31. The van der Waals surface area contributed by atoms with Crippen molar-refractivity contribution in [1.29, 1.82) is 0 Å². The molecule has 12 nitrogen and oxygen atoms in total. The Bertz CT molecular complexity index is 2970.